The third-order valence-corrected chi connectivity index (χ3v) is 4.12. The number of piperidine rings is 1. The topological polar surface area (TPSA) is 62.6 Å². The first kappa shape index (κ1) is 12.2. The maximum absolute atomic E-state index is 11.8. The summed E-state index contributed by atoms with van der Waals surface area (Å²) in [6.45, 7) is 2.79. The lowest BCUT2D eigenvalue weighted by Crippen LogP contribution is -3.12. The molecule has 1 aromatic rings. The van der Waals surface area contributed by atoms with Crippen molar-refractivity contribution in [3.05, 3.63) is 35.9 Å². The predicted octanol–water partition coefficient (Wildman–Crippen LogP) is -0.556. The Morgan fingerprint density at radius 1 is 1.11 bits per heavy atom. The van der Waals surface area contributed by atoms with Gasteiger partial charge in [-0.15, -0.1) is 0 Å². The van der Waals surface area contributed by atoms with Crippen LogP contribution >= 0.6 is 0 Å². The van der Waals surface area contributed by atoms with Gasteiger partial charge in [0.25, 0.3) is 5.91 Å². The van der Waals surface area contributed by atoms with Gasteiger partial charge in [-0.05, 0) is 0 Å². The minimum atomic E-state index is -0.642. The van der Waals surface area contributed by atoms with E-state index >= 15 is 0 Å². The zero-order chi connectivity index (χ0) is 13.3. The quantitative estimate of drug-likeness (QED) is 0.624. The van der Waals surface area contributed by atoms with Crippen molar-refractivity contribution in [2.45, 2.75) is 24.9 Å². The van der Waals surface area contributed by atoms with Crippen LogP contribution in [0.25, 0.3) is 0 Å². The van der Waals surface area contributed by atoms with E-state index in [1.165, 1.54) is 10.5 Å². The fraction of sp³-hybridized carbons (Fsp3) is 0.429. The molecule has 5 nitrogen and oxygen atoms in total. The zero-order valence-corrected chi connectivity index (χ0v) is 10.7. The van der Waals surface area contributed by atoms with Crippen molar-refractivity contribution in [2.24, 2.45) is 0 Å². The lowest BCUT2D eigenvalue weighted by molar-refractivity contribution is -0.919. The number of hydrogen-bond donors (Lipinski definition) is 3. The Morgan fingerprint density at radius 3 is 2.37 bits per heavy atom. The van der Waals surface area contributed by atoms with Gasteiger partial charge in [-0.3, -0.25) is 10.1 Å². The highest BCUT2D eigenvalue weighted by molar-refractivity contribution is 6.07. The average molecular weight is 260 g/mol. The Kier molecular flexibility index (Phi) is 2.98. The number of quaternary nitrogens is 1. The molecule has 2 fully saturated rings. The SMILES string of the molecule is O=C1NC(=O)C2(CC[NH+](Cc3ccccc3)CC2)N1. The van der Waals surface area contributed by atoms with Gasteiger partial charge in [-0.2, -0.15) is 0 Å². The van der Waals surface area contributed by atoms with Gasteiger partial charge in [0, 0.05) is 18.4 Å². The summed E-state index contributed by atoms with van der Waals surface area (Å²) in [5, 5.41) is 5.13. The number of urea groups is 1. The van der Waals surface area contributed by atoms with Crippen molar-refractivity contribution in [3.8, 4) is 0 Å². The second kappa shape index (κ2) is 4.66. The highest BCUT2D eigenvalue weighted by atomic mass is 16.2. The maximum atomic E-state index is 11.8. The van der Waals surface area contributed by atoms with Gasteiger partial charge in [0.05, 0.1) is 13.1 Å². The molecule has 3 rings (SSSR count). The summed E-state index contributed by atoms with van der Waals surface area (Å²) in [6, 6.07) is 10.0. The number of rotatable bonds is 2. The molecular weight excluding hydrogens is 242 g/mol. The first-order valence-corrected chi connectivity index (χ1v) is 6.69. The van der Waals surface area contributed by atoms with E-state index in [1.807, 2.05) is 18.2 Å². The summed E-state index contributed by atoms with van der Waals surface area (Å²) in [7, 11) is 0. The van der Waals surface area contributed by atoms with E-state index in [-0.39, 0.29) is 11.9 Å². The van der Waals surface area contributed by atoms with E-state index in [1.54, 1.807) is 0 Å². The molecule has 0 atom stereocenters. The second-order valence-electron chi connectivity index (χ2n) is 5.40. The van der Waals surface area contributed by atoms with E-state index < -0.39 is 5.54 Å². The number of benzene rings is 1. The normalized spacial score (nSPS) is 30.2. The Morgan fingerprint density at radius 2 is 1.79 bits per heavy atom. The fourth-order valence-electron chi connectivity index (χ4n) is 2.97. The van der Waals surface area contributed by atoms with Crippen LogP contribution in [0.15, 0.2) is 30.3 Å². The molecule has 2 aliphatic heterocycles. The summed E-state index contributed by atoms with van der Waals surface area (Å²) >= 11 is 0. The van der Waals surface area contributed by atoms with Crippen molar-refractivity contribution in [1.29, 1.82) is 0 Å². The van der Waals surface area contributed by atoms with E-state index in [0.29, 0.717) is 12.8 Å². The summed E-state index contributed by atoms with van der Waals surface area (Å²) < 4.78 is 0. The van der Waals surface area contributed by atoms with Crippen LogP contribution < -0.4 is 15.5 Å². The van der Waals surface area contributed by atoms with Gasteiger partial charge in [0.15, 0.2) is 0 Å². The fourth-order valence-corrected chi connectivity index (χ4v) is 2.97. The molecule has 5 heteroatoms. The molecule has 3 amide bonds. The molecule has 2 aliphatic rings. The molecule has 0 aromatic heterocycles. The summed E-state index contributed by atoms with van der Waals surface area (Å²) in [6.07, 6.45) is 1.43. The zero-order valence-electron chi connectivity index (χ0n) is 10.7. The molecule has 1 aromatic carbocycles. The molecule has 1 spiro atoms. The third kappa shape index (κ3) is 2.33. The largest absolute Gasteiger partial charge is 0.331 e. The molecule has 2 saturated heterocycles. The Balaban J connectivity index is 1.61. The van der Waals surface area contributed by atoms with Gasteiger partial charge in [0.1, 0.15) is 12.1 Å². The molecule has 0 saturated carbocycles. The van der Waals surface area contributed by atoms with E-state index in [4.69, 9.17) is 0 Å². The number of carbonyl (C=O) groups excluding carboxylic acids is 2. The number of amides is 3. The molecule has 2 heterocycles. The van der Waals surface area contributed by atoms with Crippen molar-refractivity contribution >= 4 is 11.9 Å². The molecule has 0 radical (unpaired) electrons. The highest BCUT2D eigenvalue weighted by Gasteiger charge is 2.49. The van der Waals surface area contributed by atoms with Crippen molar-refractivity contribution in [3.63, 3.8) is 0 Å². The van der Waals surface area contributed by atoms with Gasteiger partial charge < -0.3 is 10.2 Å². The van der Waals surface area contributed by atoms with Crippen molar-refractivity contribution in [1.82, 2.24) is 10.6 Å². The number of likely N-dealkylation sites (tertiary alicyclic amines) is 1. The summed E-state index contributed by atoms with van der Waals surface area (Å²) in [4.78, 5) is 24.5. The molecule has 0 bridgehead atoms. The van der Waals surface area contributed by atoms with Crippen LogP contribution in [-0.2, 0) is 11.3 Å². The maximum Gasteiger partial charge on any atom is 0.322 e. The summed E-state index contributed by atoms with van der Waals surface area (Å²) in [5.74, 6) is -0.156. The van der Waals surface area contributed by atoms with Crippen LogP contribution in [0.4, 0.5) is 4.79 Å². The minimum absolute atomic E-state index is 0.156. The van der Waals surface area contributed by atoms with Crippen LogP contribution in [-0.4, -0.2) is 30.6 Å². The van der Waals surface area contributed by atoms with Crippen molar-refractivity contribution in [2.75, 3.05) is 13.1 Å². The Bertz CT molecular complexity index is 493. The van der Waals surface area contributed by atoms with E-state index in [0.717, 1.165) is 19.6 Å². The molecule has 100 valence electrons. The standard InChI is InChI=1S/C14H17N3O2/c18-12-14(16-13(19)15-12)6-8-17(9-7-14)10-11-4-2-1-3-5-11/h1-5H,6-10H2,(H2,15,16,18,19)/p+1. The number of hydrogen-bond acceptors (Lipinski definition) is 2. The van der Waals surface area contributed by atoms with Gasteiger partial charge >= 0.3 is 6.03 Å². The highest BCUT2D eigenvalue weighted by Crippen LogP contribution is 2.20. The smallest absolute Gasteiger partial charge is 0.322 e. The second-order valence-corrected chi connectivity index (χ2v) is 5.40. The summed E-state index contributed by atoms with van der Waals surface area (Å²) in [5.41, 5.74) is 0.672. The lowest BCUT2D eigenvalue weighted by atomic mass is 9.87. The Hall–Kier alpha value is -1.88. The number of nitrogens with one attached hydrogen (secondary N) is 3. The van der Waals surface area contributed by atoms with Crippen LogP contribution in [0.5, 0.6) is 0 Å². The lowest BCUT2D eigenvalue weighted by Gasteiger charge is -2.34. The predicted molar refractivity (Wildman–Crippen MR) is 69.5 cm³/mol. The van der Waals surface area contributed by atoms with Crippen LogP contribution in [0.2, 0.25) is 0 Å². The minimum Gasteiger partial charge on any atom is -0.331 e. The monoisotopic (exact) mass is 260 g/mol. The number of imide groups is 1. The molecule has 0 unspecified atom stereocenters. The van der Waals surface area contributed by atoms with E-state index in [2.05, 4.69) is 22.8 Å². The molecule has 3 N–H and O–H groups in total. The number of carbonyl (C=O) groups is 2. The van der Waals surface area contributed by atoms with Gasteiger partial charge in [0.2, 0.25) is 0 Å². The molecular formula is C14H18N3O2+. The van der Waals surface area contributed by atoms with Crippen LogP contribution in [0.1, 0.15) is 18.4 Å². The van der Waals surface area contributed by atoms with Gasteiger partial charge in [-0.1, -0.05) is 30.3 Å². The first-order valence-electron chi connectivity index (χ1n) is 6.69. The van der Waals surface area contributed by atoms with Crippen LogP contribution in [0, 0.1) is 0 Å². The van der Waals surface area contributed by atoms with Crippen LogP contribution in [0.3, 0.4) is 0 Å². The Labute approximate surface area is 112 Å². The average Bonchev–Trinajstić information content (AvgIpc) is 2.68. The van der Waals surface area contributed by atoms with Gasteiger partial charge in [-0.25, -0.2) is 4.79 Å². The van der Waals surface area contributed by atoms with Crippen molar-refractivity contribution < 1.29 is 14.5 Å². The first-order chi connectivity index (χ1) is 9.18. The van der Waals surface area contributed by atoms with E-state index in [9.17, 15) is 9.59 Å². The molecule has 0 aliphatic carbocycles. The third-order valence-electron chi connectivity index (χ3n) is 4.12. The molecule has 19 heavy (non-hydrogen) atoms.